The number of hydrogen-bond acceptors (Lipinski definition) is 4. The third-order valence-electron chi connectivity index (χ3n) is 6.35. The van der Waals surface area contributed by atoms with E-state index in [2.05, 4.69) is 64.8 Å². The van der Waals surface area contributed by atoms with Gasteiger partial charge < -0.3 is 15.0 Å². The Kier molecular flexibility index (Phi) is 6.87. The Morgan fingerprint density at radius 3 is 2.45 bits per heavy atom. The summed E-state index contributed by atoms with van der Waals surface area (Å²) in [5, 5.41) is 2.68. The maximum Gasteiger partial charge on any atom is 0.325 e. The van der Waals surface area contributed by atoms with Crippen molar-refractivity contribution in [3.63, 3.8) is 0 Å². The van der Waals surface area contributed by atoms with Gasteiger partial charge in [0.2, 0.25) is 0 Å². The van der Waals surface area contributed by atoms with Crippen LogP contribution in [0.3, 0.4) is 0 Å². The molecule has 2 heterocycles. The highest BCUT2D eigenvalue weighted by Gasteiger charge is 2.35. The number of carbonyl (C=O) groups is 2. The first-order valence-electron chi connectivity index (χ1n) is 11.2. The molecule has 2 amide bonds. The molecule has 2 aromatic rings. The second-order valence-corrected chi connectivity index (χ2v) is 8.18. The first-order chi connectivity index (χ1) is 15.2. The van der Waals surface area contributed by atoms with Crippen LogP contribution in [0.2, 0.25) is 0 Å². The number of ether oxygens (including phenoxy) is 1. The first kappa shape index (κ1) is 21.4. The molecule has 4 rings (SSSR count). The predicted molar refractivity (Wildman–Crippen MR) is 120 cm³/mol. The van der Waals surface area contributed by atoms with Crippen molar-refractivity contribution in [2.24, 2.45) is 0 Å². The molecular weight excluding hydrogens is 390 g/mol. The van der Waals surface area contributed by atoms with Crippen molar-refractivity contribution >= 4 is 12.0 Å². The number of nitrogens with one attached hydrogen (secondary N) is 1. The maximum absolute atomic E-state index is 12.4. The number of carbonyl (C=O) groups excluding carboxylic acids is 2. The maximum atomic E-state index is 12.4. The van der Waals surface area contributed by atoms with Gasteiger partial charge in [-0.25, -0.2) is 4.79 Å². The quantitative estimate of drug-likeness (QED) is 0.752. The minimum atomic E-state index is -0.400. The van der Waals surface area contributed by atoms with Gasteiger partial charge in [0.05, 0.1) is 12.6 Å². The minimum absolute atomic E-state index is 0.0778. The molecule has 1 fully saturated rings. The topological polar surface area (TPSA) is 61.9 Å². The fourth-order valence-corrected chi connectivity index (χ4v) is 4.86. The van der Waals surface area contributed by atoms with Crippen LogP contribution in [0.4, 0.5) is 4.79 Å². The Labute approximate surface area is 184 Å². The number of fused-ring (bicyclic) bond motifs is 1. The van der Waals surface area contributed by atoms with E-state index in [4.69, 9.17) is 4.74 Å². The van der Waals surface area contributed by atoms with Gasteiger partial charge in [-0.05, 0) is 42.9 Å². The fourth-order valence-electron chi connectivity index (χ4n) is 4.86. The molecule has 0 aliphatic carbocycles. The monoisotopic (exact) mass is 421 g/mol. The lowest BCUT2D eigenvalue weighted by atomic mass is 9.86. The molecule has 2 aliphatic rings. The zero-order valence-corrected chi connectivity index (χ0v) is 18.1. The molecule has 6 heteroatoms. The Morgan fingerprint density at radius 2 is 1.71 bits per heavy atom. The Balaban J connectivity index is 1.43. The summed E-state index contributed by atoms with van der Waals surface area (Å²) in [5.41, 5.74) is 4.15. The Bertz CT molecular complexity index is 894. The van der Waals surface area contributed by atoms with Crippen molar-refractivity contribution in [1.82, 2.24) is 15.1 Å². The third kappa shape index (κ3) is 4.90. The Hall–Kier alpha value is -2.86. The van der Waals surface area contributed by atoms with Crippen LogP contribution in [0, 0.1) is 0 Å². The van der Waals surface area contributed by atoms with E-state index in [-0.39, 0.29) is 18.6 Å². The van der Waals surface area contributed by atoms with Crippen LogP contribution < -0.4 is 5.32 Å². The summed E-state index contributed by atoms with van der Waals surface area (Å²) in [6.45, 7) is 4.41. The summed E-state index contributed by atoms with van der Waals surface area (Å²) in [6.07, 6.45) is 2.91. The van der Waals surface area contributed by atoms with E-state index >= 15 is 0 Å². The predicted octanol–water partition coefficient (Wildman–Crippen LogP) is 3.37. The fraction of sp³-hybridized carbons (Fsp3) is 0.440. The van der Waals surface area contributed by atoms with Crippen molar-refractivity contribution in [3.05, 3.63) is 71.3 Å². The van der Waals surface area contributed by atoms with Crippen molar-refractivity contribution in [3.8, 4) is 0 Å². The van der Waals surface area contributed by atoms with Crippen LogP contribution in [0.15, 0.2) is 54.6 Å². The number of rotatable bonds is 5. The number of hydrogen-bond donors (Lipinski definition) is 1. The smallest absolute Gasteiger partial charge is 0.325 e. The molecule has 1 saturated heterocycles. The number of urea groups is 1. The van der Waals surface area contributed by atoms with Gasteiger partial charge in [-0.2, -0.15) is 0 Å². The average molecular weight is 422 g/mol. The van der Waals surface area contributed by atoms with Gasteiger partial charge in [-0.3, -0.25) is 9.69 Å². The lowest BCUT2D eigenvalue weighted by Gasteiger charge is -2.45. The largest absolute Gasteiger partial charge is 0.465 e. The van der Waals surface area contributed by atoms with Crippen molar-refractivity contribution in [2.75, 3.05) is 32.8 Å². The zero-order valence-electron chi connectivity index (χ0n) is 18.1. The third-order valence-corrected chi connectivity index (χ3v) is 6.35. The van der Waals surface area contributed by atoms with E-state index in [9.17, 15) is 9.59 Å². The highest BCUT2D eigenvalue weighted by molar-refractivity contribution is 5.80. The van der Waals surface area contributed by atoms with Gasteiger partial charge in [0.15, 0.2) is 0 Å². The number of amides is 2. The summed E-state index contributed by atoms with van der Waals surface area (Å²) >= 11 is 0. The first-order valence-corrected chi connectivity index (χ1v) is 11.2. The van der Waals surface area contributed by atoms with E-state index in [1.807, 2.05) is 4.90 Å². The van der Waals surface area contributed by atoms with Crippen LogP contribution in [0.5, 0.6) is 0 Å². The summed E-state index contributed by atoms with van der Waals surface area (Å²) in [7, 11) is 0. The molecule has 1 unspecified atom stereocenters. The lowest BCUT2D eigenvalue weighted by molar-refractivity contribution is -0.141. The second-order valence-electron chi connectivity index (χ2n) is 8.18. The minimum Gasteiger partial charge on any atom is -0.465 e. The summed E-state index contributed by atoms with van der Waals surface area (Å²) in [5.74, 6) is -0.400. The van der Waals surface area contributed by atoms with E-state index in [0.717, 1.165) is 25.8 Å². The van der Waals surface area contributed by atoms with Gasteiger partial charge in [0.25, 0.3) is 0 Å². The number of benzene rings is 2. The molecule has 31 heavy (non-hydrogen) atoms. The number of esters is 1. The van der Waals surface area contributed by atoms with Crippen LogP contribution in [0.25, 0.3) is 0 Å². The Morgan fingerprint density at radius 1 is 1.00 bits per heavy atom. The van der Waals surface area contributed by atoms with Gasteiger partial charge in [-0.1, -0.05) is 54.6 Å². The van der Waals surface area contributed by atoms with Gasteiger partial charge in [0.1, 0.15) is 6.54 Å². The van der Waals surface area contributed by atoms with E-state index in [1.165, 1.54) is 16.7 Å². The number of likely N-dealkylation sites (tertiary alicyclic amines) is 1. The molecule has 1 atom stereocenters. The second kappa shape index (κ2) is 9.96. The molecule has 0 spiro atoms. The summed E-state index contributed by atoms with van der Waals surface area (Å²) in [6, 6.07) is 20.0. The molecule has 0 bridgehead atoms. The highest BCUT2D eigenvalue weighted by atomic mass is 16.5. The van der Waals surface area contributed by atoms with E-state index in [0.29, 0.717) is 25.7 Å². The van der Waals surface area contributed by atoms with Crippen molar-refractivity contribution in [2.45, 2.75) is 38.3 Å². The molecule has 0 radical (unpaired) electrons. The SMILES string of the molecule is CCOC(=O)CNC(=O)N1CCC(N2CCc3ccccc3C2c2ccccc2)CC1. The van der Waals surface area contributed by atoms with Crippen LogP contribution >= 0.6 is 0 Å². The molecule has 2 aliphatic heterocycles. The lowest BCUT2D eigenvalue weighted by Crippen LogP contribution is -2.52. The molecule has 2 aromatic carbocycles. The van der Waals surface area contributed by atoms with Crippen molar-refractivity contribution < 1.29 is 14.3 Å². The van der Waals surface area contributed by atoms with Crippen molar-refractivity contribution in [1.29, 1.82) is 0 Å². The van der Waals surface area contributed by atoms with E-state index < -0.39 is 5.97 Å². The molecule has 1 N–H and O–H groups in total. The summed E-state index contributed by atoms with van der Waals surface area (Å²) in [4.78, 5) is 28.4. The molecule has 0 saturated carbocycles. The average Bonchev–Trinajstić information content (AvgIpc) is 2.82. The van der Waals surface area contributed by atoms with Gasteiger partial charge >= 0.3 is 12.0 Å². The molecule has 164 valence electrons. The molecule has 0 aromatic heterocycles. The van der Waals surface area contributed by atoms with Crippen LogP contribution in [0.1, 0.15) is 42.5 Å². The summed E-state index contributed by atoms with van der Waals surface area (Å²) < 4.78 is 4.88. The number of piperidine rings is 1. The molecule has 6 nitrogen and oxygen atoms in total. The molecular formula is C25H31N3O3. The zero-order chi connectivity index (χ0) is 21.6. The number of nitrogens with zero attached hydrogens (tertiary/aromatic N) is 2. The van der Waals surface area contributed by atoms with Crippen LogP contribution in [-0.4, -0.2) is 60.6 Å². The standard InChI is InChI=1S/C25H31N3O3/c1-2-31-23(29)18-26-25(30)27-15-13-21(14-16-27)28-17-12-19-8-6-7-11-22(19)24(28)20-9-4-3-5-10-20/h3-11,21,24H,2,12-18H2,1H3,(H,26,30). The van der Waals surface area contributed by atoms with E-state index in [1.54, 1.807) is 6.92 Å². The van der Waals surface area contributed by atoms with Crippen LogP contribution in [-0.2, 0) is 16.0 Å². The van der Waals surface area contributed by atoms with Gasteiger partial charge in [-0.15, -0.1) is 0 Å². The normalized spacial score (nSPS) is 19.5. The highest BCUT2D eigenvalue weighted by Crippen LogP contribution is 2.38. The van der Waals surface area contributed by atoms with Gasteiger partial charge in [0, 0.05) is 25.7 Å².